The standard InChI is InChI=1S/C10H19N3O2S2/c1-17(14,15)12-7-6-11-9-13-10(8-16-9)4-2-3-5-10/h12H,2-8H2,1H3,(H,11,13). The van der Waals surface area contributed by atoms with Gasteiger partial charge in [-0.05, 0) is 12.8 Å². The molecule has 5 nitrogen and oxygen atoms in total. The molecule has 0 atom stereocenters. The third kappa shape index (κ3) is 3.86. The average Bonchev–Trinajstić information content (AvgIpc) is 2.84. The van der Waals surface area contributed by atoms with Crippen molar-refractivity contribution in [3.8, 4) is 0 Å². The maximum absolute atomic E-state index is 10.9. The van der Waals surface area contributed by atoms with Crippen molar-refractivity contribution in [3.63, 3.8) is 0 Å². The molecule has 0 aromatic rings. The minimum atomic E-state index is -3.09. The summed E-state index contributed by atoms with van der Waals surface area (Å²) in [5.74, 6) is 1.10. The quantitative estimate of drug-likeness (QED) is 0.736. The van der Waals surface area contributed by atoms with Crippen molar-refractivity contribution in [1.29, 1.82) is 0 Å². The number of hydrogen-bond donors (Lipinski definition) is 2. The number of thioether (sulfide) groups is 1. The summed E-state index contributed by atoms with van der Waals surface area (Å²) in [6, 6.07) is 0. The molecule has 0 radical (unpaired) electrons. The van der Waals surface area contributed by atoms with E-state index in [4.69, 9.17) is 0 Å². The molecule has 98 valence electrons. The van der Waals surface area contributed by atoms with Crippen molar-refractivity contribution in [2.45, 2.75) is 31.2 Å². The molecule has 0 aromatic carbocycles. The topological polar surface area (TPSA) is 70.6 Å². The van der Waals surface area contributed by atoms with Gasteiger partial charge in [-0.2, -0.15) is 0 Å². The van der Waals surface area contributed by atoms with Crippen molar-refractivity contribution in [3.05, 3.63) is 0 Å². The van der Waals surface area contributed by atoms with Crippen LogP contribution in [0.4, 0.5) is 0 Å². The molecule has 1 spiro atoms. The fourth-order valence-electron chi connectivity index (χ4n) is 2.30. The van der Waals surface area contributed by atoms with Crippen molar-refractivity contribution >= 4 is 27.0 Å². The van der Waals surface area contributed by atoms with Gasteiger partial charge in [-0.3, -0.25) is 4.99 Å². The predicted octanol–water partition coefficient (Wildman–Crippen LogP) is 0.541. The number of sulfonamides is 1. The van der Waals surface area contributed by atoms with Gasteiger partial charge in [-0.1, -0.05) is 24.6 Å². The molecule has 0 amide bonds. The largest absolute Gasteiger partial charge is 0.359 e. The van der Waals surface area contributed by atoms with E-state index in [2.05, 4.69) is 15.0 Å². The Balaban J connectivity index is 1.76. The molecule has 2 N–H and O–H groups in total. The Labute approximate surface area is 107 Å². The molecule has 17 heavy (non-hydrogen) atoms. The molecule has 1 aliphatic heterocycles. The second-order valence-electron chi connectivity index (χ2n) is 4.75. The summed E-state index contributed by atoms with van der Waals surface area (Å²) < 4.78 is 24.1. The molecule has 2 rings (SSSR count). The highest BCUT2D eigenvalue weighted by molar-refractivity contribution is 8.14. The van der Waals surface area contributed by atoms with Crippen LogP contribution in [-0.4, -0.2) is 44.2 Å². The molecule has 2 aliphatic rings. The van der Waals surface area contributed by atoms with Gasteiger partial charge in [0.25, 0.3) is 0 Å². The van der Waals surface area contributed by atoms with Gasteiger partial charge in [0.15, 0.2) is 5.17 Å². The van der Waals surface area contributed by atoms with Crippen LogP contribution in [0.1, 0.15) is 25.7 Å². The van der Waals surface area contributed by atoms with E-state index in [0.717, 1.165) is 17.2 Å². The summed E-state index contributed by atoms with van der Waals surface area (Å²) in [6.07, 6.45) is 6.24. The van der Waals surface area contributed by atoms with Gasteiger partial charge in [0.05, 0.1) is 12.8 Å². The summed E-state index contributed by atoms with van der Waals surface area (Å²) in [4.78, 5) is 4.39. The Morgan fingerprint density at radius 1 is 1.47 bits per heavy atom. The number of amidine groups is 1. The molecule has 1 saturated carbocycles. The van der Waals surface area contributed by atoms with Crippen LogP contribution < -0.4 is 10.0 Å². The van der Waals surface area contributed by atoms with E-state index >= 15 is 0 Å². The molecule has 1 saturated heterocycles. The van der Waals surface area contributed by atoms with Crippen molar-refractivity contribution < 1.29 is 8.42 Å². The average molecular weight is 277 g/mol. The van der Waals surface area contributed by atoms with Gasteiger partial charge in [0.2, 0.25) is 10.0 Å². The maximum Gasteiger partial charge on any atom is 0.208 e. The summed E-state index contributed by atoms with van der Waals surface area (Å²) in [5, 5.41) is 4.47. The minimum Gasteiger partial charge on any atom is -0.359 e. The summed E-state index contributed by atoms with van der Waals surface area (Å²) in [7, 11) is -3.09. The molecule has 1 aliphatic carbocycles. The molecule has 0 unspecified atom stereocenters. The molecule has 0 bridgehead atoms. The fourth-order valence-corrected chi connectivity index (χ4v) is 4.01. The van der Waals surface area contributed by atoms with Crippen molar-refractivity contribution in [2.24, 2.45) is 4.99 Å². The van der Waals surface area contributed by atoms with E-state index in [9.17, 15) is 8.42 Å². The lowest BCUT2D eigenvalue weighted by atomic mass is 10.0. The zero-order valence-electron chi connectivity index (χ0n) is 10.0. The van der Waals surface area contributed by atoms with Crippen LogP contribution in [0.2, 0.25) is 0 Å². The van der Waals surface area contributed by atoms with E-state index in [1.165, 1.54) is 25.7 Å². The molecule has 1 heterocycles. The Bertz CT molecular complexity index is 400. The van der Waals surface area contributed by atoms with Gasteiger partial charge in [0, 0.05) is 17.8 Å². The van der Waals surface area contributed by atoms with Gasteiger partial charge in [-0.25, -0.2) is 13.1 Å². The maximum atomic E-state index is 10.9. The first kappa shape index (κ1) is 13.2. The molecule has 2 fully saturated rings. The van der Waals surface area contributed by atoms with Crippen LogP contribution in [0.15, 0.2) is 4.99 Å². The van der Waals surface area contributed by atoms with E-state index < -0.39 is 10.0 Å². The Morgan fingerprint density at radius 3 is 2.82 bits per heavy atom. The van der Waals surface area contributed by atoms with Crippen LogP contribution in [-0.2, 0) is 10.0 Å². The first-order chi connectivity index (χ1) is 7.99. The van der Waals surface area contributed by atoms with Crippen molar-refractivity contribution in [2.75, 3.05) is 25.1 Å². The highest BCUT2D eigenvalue weighted by Crippen LogP contribution is 2.37. The van der Waals surface area contributed by atoms with Crippen LogP contribution in [0.3, 0.4) is 0 Å². The van der Waals surface area contributed by atoms with E-state index in [-0.39, 0.29) is 5.54 Å². The number of nitrogens with one attached hydrogen (secondary N) is 2. The van der Waals surface area contributed by atoms with Crippen molar-refractivity contribution in [1.82, 2.24) is 10.0 Å². The molecular formula is C10H19N3O2S2. The van der Waals surface area contributed by atoms with Gasteiger partial charge >= 0.3 is 0 Å². The fraction of sp³-hybridized carbons (Fsp3) is 0.900. The lowest BCUT2D eigenvalue weighted by Gasteiger charge is -2.21. The van der Waals surface area contributed by atoms with E-state index in [1.54, 1.807) is 11.8 Å². The van der Waals surface area contributed by atoms with Crippen LogP contribution in [0, 0.1) is 0 Å². The highest BCUT2D eigenvalue weighted by Gasteiger charge is 2.39. The minimum absolute atomic E-state index is 0.285. The normalized spacial score (nSPS) is 25.6. The first-order valence-corrected chi connectivity index (χ1v) is 8.77. The SMILES string of the molecule is CS(=O)(=O)NCCN=C1NC2(CCCC2)CS1. The molecular weight excluding hydrogens is 258 g/mol. The zero-order chi connectivity index (χ0) is 12.4. The van der Waals surface area contributed by atoms with Gasteiger partial charge < -0.3 is 5.32 Å². The van der Waals surface area contributed by atoms with Crippen LogP contribution >= 0.6 is 11.8 Å². The molecule has 7 heteroatoms. The highest BCUT2D eigenvalue weighted by atomic mass is 32.2. The second kappa shape index (κ2) is 5.16. The van der Waals surface area contributed by atoms with E-state index in [1.807, 2.05) is 0 Å². The van der Waals surface area contributed by atoms with Crippen LogP contribution in [0.25, 0.3) is 0 Å². The number of rotatable bonds is 4. The molecule has 0 aromatic heterocycles. The zero-order valence-corrected chi connectivity index (χ0v) is 11.7. The predicted molar refractivity (Wildman–Crippen MR) is 71.9 cm³/mol. The lowest BCUT2D eigenvalue weighted by Crippen LogP contribution is -2.40. The third-order valence-corrected chi connectivity index (χ3v) is 5.08. The Morgan fingerprint density at radius 2 is 2.18 bits per heavy atom. The lowest BCUT2D eigenvalue weighted by molar-refractivity contribution is 0.452. The number of aliphatic imine (C=N–C) groups is 1. The second-order valence-corrected chi connectivity index (χ2v) is 7.55. The number of nitrogens with zero attached hydrogens (tertiary/aromatic N) is 1. The third-order valence-electron chi connectivity index (χ3n) is 3.15. The first-order valence-electron chi connectivity index (χ1n) is 5.89. The summed E-state index contributed by atoms with van der Waals surface area (Å²) in [5.41, 5.74) is 0.285. The summed E-state index contributed by atoms with van der Waals surface area (Å²) >= 11 is 1.76. The summed E-state index contributed by atoms with van der Waals surface area (Å²) in [6.45, 7) is 0.871. The van der Waals surface area contributed by atoms with E-state index in [0.29, 0.717) is 13.1 Å². The van der Waals surface area contributed by atoms with Crippen LogP contribution in [0.5, 0.6) is 0 Å². The number of hydrogen-bond acceptors (Lipinski definition) is 4. The Hall–Kier alpha value is -0.270. The van der Waals surface area contributed by atoms with Gasteiger partial charge in [0.1, 0.15) is 0 Å². The monoisotopic (exact) mass is 277 g/mol. The smallest absolute Gasteiger partial charge is 0.208 e. The Kier molecular flexibility index (Phi) is 3.99. The van der Waals surface area contributed by atoms with Gasteiger partial charge in [-0.15, -0.1) is 0 Å².